The lowest BCUT2D eigenvalue weighted by atomic mass is 9.97. The summed E-state index contributed by atoms with van der Waals surface area (Å²) in [4.78, 5) is 0. The summed E-state index contributed by atoms with van der Waals surface area (Å²) in [5.74, 6) is 0.332. The number of hydrogen-bond donors (Lipinski definition) is 1. The first-order chi connectivity index (χ1) is 7.27. The predicted octanol–water partition coefficient (Wildman–Crippen LogP) is 0.750. The minimum atomic E-state index is -0.234. The maximum Gasteiger partial charge on any atom is 0.0595 e. The molecule has 2 atom stereocenters. The molecule has 0 radical (unpaired) electrons. The number of ether oxygens (including phenoxy) is 1. The molecule has 1 saturated heterocycles. The molecule has 0 amide bonds. The van der Waals surface area contributed by atoms with Crippen molar-refractivity contribution in [3.05, 3.63) is 18.0 Å². The molecule has 0 aromatic carbocycles. The van der Waals surface area contributed by atoms with Gasteiger partial charge in [-0.25, -0.2) is 0 Å². The monoisotopic (exact) mass is 210 g/mol. The molecule has 0 bridgehead atoms. The zero-order valence-corrected chi connectivity index (χ0v) is 9.09. The first-order valence-electron chi connectivity index (χ1n) is 5.50. The van der Waals surface area contributed by atoms with Crippen molar-refractivity contribution in [2.45, 2.75) is 25.4 Å². The number of aliphatic hydroxyl groups excluding tert-OH is 1. The second-order valence-corrected chi connectivity index (χ2v) is 4.18. The lowest BCUT2D eigenvalue weighted by Gasteiger charge is -2.15. The van der Waals surface area contributed by atoms with E-state index in [1.165, 1.54) is 5.69 Å². The Morgan fingerprint density at radius 2 is 2.60 bits per heavy atom. The van der Waals surface area contributed by atoms with Gasteiger partial charge in [0.05, 0.1) is 12.7 Å². The highest BCUT2D eigenvalue weighted by molar-refractivity contribution is 5.00. The van der Waals surface area contributed by atoms with Crippen LogP contribution in [0.5, 0.6) is 0 Å². The summed E-state index contributed by atoms with van der Waals surface area (Å²) in [6.45, 7) is 1.51. The molecular weight excluding hydrogens is 192 g/mol. The van der Waals surface area contributed by atoms with Gasteiger partial charge in [-0.15, -0.1) is 0 Å². The van der Waals surface area contributed by atoms with Crippen molar-refractivity contribution in [1.82, 2.24) is 9.78 Å². The van der Waals surface area contributed by atoms with Gasteiger partial charge in [-0.05, 0) is 25.3 Å². The van der Waals surface area contributed by atoms with Crippen molar-refractivity contribution in [3.8, 4) is 0 Å². The number of rotatable bonds is 4. The fourth-order valence-corrected chi connectivity index (χ4v) is 2.03. The van der Waals surface area contributed by atoms with Crippen LogP contribution in [0.1, 0.15) is 18.5 Å². The Labute approximate surface area is 89.9 Å². The first kappa shape index (κ1) is 10.6. The average molecular weight is 210 g/mol. The molecule has 1 aromatic rings. The van der Waals surface area contributed by atoms with E-state index in [1.54, 1.807) is 6.20 Å². The third kappa shape index (κ3) is 2.58. The maximum atomic E-state index is 9.93. The summed E-state index contributed by atoms with van der Waals surface area (Å²) in [5.41, 5.74) is 1.17. The smallest absolute Gasteiger partial charge is 0.0595 e. The highest BCUT2D eigenvalue weighted by Crippen LogP contribution is 2.20. The first-order valence-corrected chi connectivity index (χ1v) is 5.50. The van der Waals surface area contributed by atoms with Crippen molar-refractivity contribution < 1.29 is 9.84 Å². The standard InChI is InChI=1S/C11H18N2O2/c1-13-10(4-6-12-13)2-3-11(14)9-5-7-15-8-9/h4,6,9,11,14H,2-3,5,7-8H2,1H3. The molecule has 84 valence electrons. The molecule has 0 spiro atoms. The zero-order chi connectivity index (χ0) is 10.7. The second kappa shape index (κ2) is 4.77. The molecule has 1 aliphatic heterocycles. The molecule has 2 rings (SSSR count). The summed E-state index contributed by atoms with van der Waals surface area (Å²) in [6, 6.07) is 2.00. The number of aryl methyl sites for hydroxylation is 2. The van der Waals surface area contributed by atoms with Crippen LogP contribution < -0.4 is 0 Å². The van der Waals surface area contributed by atoms with Crippen molar-refractivity contribution in [2.75, 3.05) is 13.2 Å². The molecule has 1 fully saturated rings. The Kier molecular flexibility index (Phi) is 3.38. The second-order valence-electron chi connectivity index (χ2n) is 4.18. The molecule has 2 heterocycles. The van der Waals surface area contributed by atoms with Crippen LogP contribution >= 0.6 is 0 Å². The summed E-state index contributed by atoms with van der Waals surface area (Å²) in [7, 11) is 1.93. The van der Waals surface area contributed by atoms with E-state index in [0.717, 1.165) is 25.9 Å². The molecule has 4 nitrogen and oxygen atoms in total. The highest BCUT2D eigenvalue weighted by atomic mass is 16.5. The minimum absolute atomic E-state index is 0.234. The molecule has 1 aromatic heterocycles. The summed E-state index contributed by atoms with van der Waals surface area (Å²) in [5, 5.41) is 14.0. The third-order valence-electron chi connectivity index (χ3n) is 3.13. The van der Waals surface area contributed by atoms with Gasteiger partial charge in [0.15, 0.2) is 0 Å². The Morgan fingerprint density at radius 3 is 3.20 bits per heavy atom. The van der Waals surface area contributed by atoms with Gasteiger partial charge in [0.1, 0.15) is 0 Å². The van der Waals surface area contributed by atoms with E-state index < -0.39 is 0 Å². The maximum absolute atomic E-state index is 9.93. The van der Waals surface area contributed by atoms with Crippen LogP contribution in [0.4, 0.5) is 0 Å². The molecule has 0 aliphatic carbocycles. The van der Waals surface area contributed by atoms with E-state index in [4.69, 9.17) is 4.74 Å². The minimum Gasteiger partial charge on any atom is -0.393 e. The number of aliphatic hydroxyl groups is 1. The van der Waals surface area contributed by atoms with Crippen LogP contribution in [0.3, 0.4) is 0 Å². The Bertz CT molecular complexity index is 305. The summed E-state index contributed by atoms with van der Waals surface area (Å²) >= 11 is 0. The summed E-state index contributed by atoms with van der Waals surface area (Å²) < 4.78 is 7.12. The van der Waals surface area contributed by atoms with Crippen molar-refractivity contribution >= 4 is 0 Å². The lowest BCUT2D eigenvalue weighted by molar-refractivity contribution is 0.0847. The molecule has 15 heavy (non-hydrogen) atoms. The van der Waals surface area contributed by atoms with E-state index >= 15 is 0 Å². The lowest BCUT2D eigenvalue weighted by Crippen LogP contribution is -2.21. The largest absolute Gasteiger partial charge is 0.393 e. The van der Waals surface area contributed by atoms with E-state index in [2.05, 4.69) is 5.10 Å². The normalized spacial score (nSPS) is 23.2. The molecule has 0 saturated carbocycles. The van der Waals surface area contributed by atoms with Crippen molar-refractivity contribution in [1.29, 1.82) is 0 Å². The Balaban J connectivity index is 1.80. The van der Waals surface area contributed by atoms with Gasteiger partial charge in [-0.3, -0.25) is 4.68 Å². The Hall–Kier alpha value is -0.870. The topological polar surface area (TPSA) is 47.3 Å². The molecule has 1 aliphatic rings. The number of nitrogens with zero attached hydrogens (tertiary/aromatic N) is 2. The van der Waals surface area contributed by atoms with Gasteiger partial charge in [-0.2, -0.15) is 5.10 Å². The van der Waals surface area contributed by atoms with E-state index in [-0.39, 0.29) is 6.10 Å². The van der Waals surface area contributed by atoms with E-state index in [1.807, 2.05) is 17.8 Å². The fourth-order valence-electron chi connectivity index (χ4n) is 2.03. The van der Waals surface area contributed by atoms with Crippen molar-refractivity contribution in [2.24, 2.45) is 13.0 Å². The van der Waals surface area contributed by atoms with Crippen LogP contribution in [0.2, 0.25) is 0 Å². The third-order valence-corrected chi connectivity index (χ3v) is 3.13. The van der Waals surface area contributed by atoms with E-state index in [0.29, 0.717) is 12.5 Å². The van der Waals surface area contributed by atoms with Gasteiger partial charge in [-0.1, -0.05) is 0 Å². The average Bonchev–Trinajstić information content (AvgIpc) is 2.85. The van der Waals surface area contributed by atoms with Crippen LogP contribution in [-0.4, -0.2) is 34.2 Å². The fraction of sp³-hybridized carbons (Fsp3) is 0.727. The van der Waals surface area contributed by atoms with Gasteiger partial charge < -0.3 is 9.84 Å². The van der Waals surface area contributed by atoms with Gasteiger partial charge in [0.2, 0.25) is 0 Å². The Morgan fingerprint density at radius 1 is 1.73 bits per heavy atom. The molecule has 1 N–H and O–H groups in total. The van der Waals surface area contributed by atoms with Crippen LogP contribution in [0.15, 0.2) is 12.3 Å². The number of hydrogen-bond acceptors (Lipinski definition) is 3. The SMILES string of the molecule is Cn1nccc1CCC(O)C1CCOC1. The number of aromatic nitrogens is 2. The molecule has 2 unspecified atom stereocenters. The zero-order valence-electron chi connectivity index (χ0n) is 9.09. The van der Waals surface area contributed by atoms with Gasteiger partial charge >= 0.3 is 0 Å². The van der Waals surface area contributed by atoms with Gasteiger partial charge in [0, 0.05) is 31.5 Å². The van der Waals surface area contributed by atoms with Crippen LogP contribution in [-0.2, 0) is 18.2 Å². The van der Waals surface area contributed by atoms with Crippen LogP contribution in [0.25, 0.3) is 0 Å². The molecule has 4 heteroatoms. The summed E-state index contributed by atoms with van der Waals surface area (Å²) in [6.07, 6.45) is 4.23. The van der Waals surface area contributed by atoms with E-state index in [9.17, 15) is 5.11 Å². The van der Waals surface area contributed by atoms with Gasteiger partial charge in [0.25, 0.3) is 0 Å². The van der Waals surface area contributed by atoms with Crippen molar-refractivity contribution in [3.63, 3.8) is 0 Å². The van der Waals surface area contributed by atoms with Crippen LogP contribution in [0, 0.1) is 5.92 Å². The predicted molar refractivity (Wildman–Crippen MR) is 56.5 cm³/mol. The quantitative estimate of drug-likeness (QED) is 0.797. The molecular formula is C11H18N2O2. The highest BCUT2D eigenvalue weighted by Gasteiger charge is 2.23.